The lowest BCUT2D eigenvalue weighted by Crippen LogP contribution is -2.35. The first kappa shape index (κ1) is 27.9. The summed E-state index contributed by atoms with van der Waals surface area (Å²) in [5, 5.41) is 18.7. The van der Waals surface area contributed by atoms with Gasteiger partial charge in [0.05, 0.1) is 11.4 Å². The summed E-state index contributed by atoms with van der Waals surface area (Å²) >= 11 is 0. The Labute approximate surface area is 225 Å². The zero-order valence-electron chi connectivity index (χ0n) is 21.4. The van der Waals surface area contributed by atoms with Gasteiger partial charge in [-0.2, -0.15) is 8.42 Å². The summed E-state index contributed by atoms with van der Waals surface area (Å²) in [5.74, 6) is 0.887. The van der Waals surface area contributed by atoms with E-state index in [1.165, 1.54) is 30.2 Å². The zero-order chi connectivity index (χ0) is 27.0. The molecule has 1 aliphatic rings. The molecule has 3 aromatic rings. The van der Waals surface area contributed by atoms with Crippen molar-refractivity contribution in [2.24, 2.45) is 0 Å². The van der Waals surface area contributed by atoms with Gasteiger partial charge in [0, 0.05) is 0 Å². The minimum absolute atomic E-state index is 0.0781. The maximum Gasteiger partial charge on any atom is 0.268 e. The third-order valence-electron chi connectivity index (χ3n) is 7.33. The lowest BCUT2D eigenvalue weighted by Gasteiger charge is -2.38. The van der Waals surface area contributed by atoms with Crippen LogP contribution in [-0.4, -0.2) is 28.4 Å². The van der Waals surface area contributed by atoms with Crippen LogP contribution in [0.4, 0.5) is 0 Å². The Morgan fingerprint density at radius 2 is 1.55 bits per heavy atom. The highest BCUT2D eigenvalue weighted by molar-refractivity contribution is 7.86. The highest BCUT2D eigenvalue weighted by Gasteiger charge is 2.36. The van der Waals surface area contributed by atoms with E-state index in [4.69, 9.17) is 4.74 Å². The molecular formula is C31H36O6S. The van der Waals surface area contributed by atoms with E-state index in [0.29, 0.717) is 12.0 Å². The number of phenols is 1. The number of aliphatic hydroxyl groups excluding tert-OH is 1. The largest absolute Gasteiger partial charge is 0.508 e. The number of allylic oxidation sites excluding steroid dienone is 1. The Morgan fingerprint density at radius 3 is 2.18 bits per heavy atom. The summed E-state index contributed by atoms with van der Waals surface area (Å²) in [5.41, 5.74) is 2.40. The molecule has 0 aliphatic heterocycles. The number of phenolic OH excluding ortho intramolecular Hbond substituents is 1. The van der Waals surface area contributed by atoms with Crippen LogP contribution in [0, 0.1) is 0 Å². The first-order valence-electron chi connectivity index (χ1n) is 13.2. The highest BCUT2D eigenvalue weighted by Crippen LogP contribution is 2.41. The molecule has 0 spiro atoms. The number of aliphatic hydroxyl groups is 1. The molecule has 0 saturated heterocycles. The SMILES string of the molecule is O=S(=O)(O)[C@@H](C/C=C/[C@@H](O)c1ccc(O)cc1)CCc1ccc(OC2(c3ccccc3)CCCCC2)cc1. The summed E-state index contributed by atoms with van der Waals surface area (Å²) < 4.78 is 40.3. The molecule has 1 fully saturated rings. The molecule has 7 heteroatoms. The second-order valence-corrected chi connectivity index (χ2v) is 11.7. The minimum Gasteiger partial charge on any atom is -0.508 e. The summed E-state index contributed by atoms with van der Waals surface area (Å²) in [4.78, 5) is 0. The molecule has 0 amide bonds. The van der Waals surface area contributed by atoms with Crippen LogP contribution in [-0.2, 0) is 22.1 Å². The van der Waals surface area contributed by atoms with Crippen molar-refractivity contribution in [3.63, 3.8) is 0 Å². The molecule has 1 saturated carbocycles. The molecule has 0 unspecified atom stereocenters. The maximum atomic E-state index is 12.0. The fourth-order valence-electron chi connectivity index (χ4n) is 5.12. The maximum absolute atomic E-state index is 12.0. The first-order chi connectivity index (χ1) is 18.2. The van der Waals surface area contributed by atoms with Gasteiger partial charge in [0.25, 0.3) is 10.1 Å². The normalized spacial score (nSPS) is 17.2. The summed E-state index contributed by atoms with van der Waals surface area (Å²) in [6.07, 6.45) is 8.35. The third kappa shape index (κ3) is 7.47. The minimum atomic E-state index is -4.26. The van der Waals surface area contributed by atoms with Crippen LogP contribution in [0.5, 0.6) is 11.5 Å². The molecule has 3 N–H and O–H groups in total. The average Bonchev–Trinajstić information content (AvgIpc) is 2.92. The standard InChI is InChI=1S/C31H36O6S/c32-27-17-15-25(16-18-27)30(33)11-7-10-29(38(34,35)36)21-14-24-12-19-28(20-13-24)37-31(22-5-2-6-23-31)26-8-3-1-4-9-26/h1,3-4,7-9,11-13,15-20,29-30,32-33H,2,5-6,10,14,21-23H2,(H,34,35,36)/b11-7+/t29-,30+/m0/s1. The Hall–Kier alpha value is -3.13. The molecule has 38 heavy (non-hydrogen) atoms. The third-order valence-corrected chi connectivity index (χ3v) is 8.60. The molecule has 1 aliphatic carbocycles. The predicted octanol–water partition coefficient (Wildman–Crippen LogP) is 6.50. The molecule has 0 bridgehead atoms. The fraction of sp³-hybridized carbons (Fsp3) is 0.355. The van der Waals surface area contributed by atoms with Gasteiger partial charge >= 0.3 is 0 Å². The van der Waals surface area contributed by atoms with Crippen molar-refractivity contribution in [2.45, 2.75) is 68.3 Å². The zero-order valence-corrected chi connectivity index (χ0v) is 22.3. The van der Waals surface area contributed by atoms with Crippen molar-refractivity contribution in [2.75, 3.05) is 0 Å². The van der Waals surface area contributed by atoms with Gasteiger partial charge in [-0.1, -0.05) is 73.2 Å². The van der Waals surface area contributed by atoms with Gasteiger partial charge in [0.15, 0.2) is 0 Å². The van der Waals surface area contributed by atoms with Crippen LogP contribution in [0.15, 0.2) is 91.0 Å². The summed E-state index contributed by atoms with van der Waals surface area (Å²) in [6.45, 7) is 0. The number of ether oxygens (including phenoxy) is 1. The fourth-order valence-corrected chi connectivity index (χ4v) is 5.89. The Kier molecular flexibility index (Phi) is 9.26. The van der Waals surface area contributed by atoms with Crippen molar-refractivity contribution >= 4 is 10.1 Å². The van der Waals surface area contributed by atoms with Gasteiger partial charge in [0.2, 0.25) is 0 Å². The van der Waals surface area contributed by atoms with Crippen molar-refractivity contribution < 1.29 is 27.9 Å². The van der Waals surface area contributed by atoms with Crippen LogP contribution in [0.1, 0.15) is 67.7 Å². The van der Waals surface area contributed by atoms with Gasteiger partial charge in [-0.25, -0.2) is 0 Å². The van der Waals surface area contributed by atoms with Gasteiger partial charge in [0.1, 0.15) is 17.1 Å². The lowest BCUT2D eigenvalue weighted by atomic mass is 9.79. The summed E-state index contributed by atoms with van der Waals surface area (Å²) in [7, 11) is -4.26. The Morgan fingerprint density at radius 1 is 0.895 bits per heavy atom. The van der Waals surface area contributed by atoms with E-state index in [9.17, 15) is 23.2 Å². The molecular weight excluding hydrogens is 500 g/mol. The second kappa shape index (κ2) is 12.6. The average molecular weight is 537 g/mol. The molecule has 0 radical (unpaired) electrons. The number of benzene rings is 3. The smallest absolute Gasteiger partial charge is 0.268 e. The van der Waals surface area contributed by atoms with E-state index in [1.54, 1.807) is 18.2 Å². The van der Waals surface area contributed by atoms with E-state index in [0.717, 1.165) is 37.0 Å². The highest BCUT2D eigenvalue weighted by atomic mass is 32.2. The number of rotatable bonds is 11. The first-order valence-corrected chi connectivity index (χ1v) is 14.7. The van der Waals surface area contributed by atoms with E-state index in [1.807, 2.05) is 42.5 Å². The summed E-state index contributed by atoms with van der Waals surface area (Å²) in [6, 6.07) is 24.3. The van der Waals surface area contributed by atoms with E-state index >= 15 is 0 Å². The molecule has 3 aromatic carbocycles. The van der Waals surface area contributed by atoms with E-state index in [-0.39, 0.29) is 24.2 Å². The quantitative estimate of drug-likeness (QED) is 0.191. The van der Waals surface area contributed by atoms with Crippen LogP contribution in [0.2, 0.25) is 0 Å². The molecule has 4 rings (SSSR count). The monoisotopic (exact) mass is 536 g/mol. The van der Waals surface area contributed by atoms with Crippen molar-refractivity contribution in [3.8, 4) is 11.5 Å². The number of aromatic hydroxyl groups is 1. The van der Waals surface area contributed by atoms with Crippen molar-refractivity contribution in [3.05, 3.63) is 108 Å². The Bertz CT molecular complexity index is 1280. The van der Waals surface area contributed by atoms with Gasteiger partial charge in [-0.15, -0.1) is 0 Å². The van der Waals surface area contributed by atoms with E-state index < -0.39 is 21.5 Å². The molecule has 0 heterocycles. The van der Waals surface area contributed by atoms with Crippen LogP contribution < -0.4 is 4.74 Å². The number of aryl methyl sites for hydroxylation is 1. The molecule has 6 nitrogen and oxygen atoms in total. The van der Waals surface area contributed by atoms with Crippen LogP contribution in [0.3, 0.4) is 0 Å². The Balaban J connectivity index is 1.36. The second-order valence-electron chi connectivity index (χ2n) is 10.0. The predicted molar refractivity (Wildman–Crippen MR) is 149 cm³/mol. The van der Waals surface area contributed by atoms with E-state index in [2.05, 4.69) is 12.1 Å². The van der Waals surface area contributed by atoms with Crippen LogP contribution in [0.25, 0.3) is 0 Å². The number of hydrogen-bond acceptors (Lipinski definition) is 5. The van der Waals surface area contributed by atoms with Gasteiger partial charge in [-0.05, 0) is 85.9 Å². The van der Waals surface area contributed by atoms with Crippen molar-refractivity contribution in [1.29, 1.82) is 0 Å². The molecule has 202 valence electrons. The van der Waals surface area contributed by atoms with Crippen LogP contribution >= 0.6 is 0 Å². The molecule has 0 aromatic heterocycles. The molecule has 2 atom stereocenters. The topological polar surface area (TPSA) is 104 Å². The van der Waals surface area contributed by atoms with Crippen molar-refractivity contribution in [1.82, 2.24) is 0 Å². The van der Waals surface area contributed by atoms with Gasteiger partial charge in [-0.3, -0.25) is 4.55 Å². The number of hydrogen-bond donors (Lipinski definition) is 3. The lowest BCUT2D eigenvalue weighted by molar-refractivity contribution is 0.0263. The van der Waals surface area contributed by atoms with Gasteiger partial charge < -0.3 is 14.9 Å².